The molecule has 0 heterocycles. The van der Waals surface area contributed by atoms with Crippen molar-refractivity contribution in [3.05, 3.63) is 107 Å². The van der Waals surface area contributed by atoms with Crippen molar-refractivity contribution in [3.63, 3.8) is 0 Å². The molecule has 0 aliphatic rings. The molecule has 0 nitrogen and oxygen atoms in total. The molecule has 0 amide bonds. The Morgan fingerprint density at radius 1 is 0.333 bits per heavy atom. The minimum absolute atomic E-state index is 0.0337. The summed E-state index contributed by atoms with van der Waals surface area (Å²) in [5.41, 5.74) is -3.58. The normalized spacial score (nSPS) is 11.6. The van der Waals surface area contributed by atoms with E-state index < -0.39 is 96.4 Å². The van der Waals surface area contributed by atoms with Crippen LogP contribution in [0.5, 0.6) is 0 Å². The summed E-state index contributed by atoms with van der Waals surface area (Å²) in [6, 6.07) is 9.94. The molecular formula is C26H8F10. The van der Waals surface area contributed by atoms with Crippen LogP contribution in [0.25, 0.3) is 43.8 Å². The number of halogens is 10. The van der Waals surface area contributed by atoms with Crippen molar-refractivity contribution in [1.82, 2.24) is 0 Å². The zero-order valence-electron chi connectivity index (χ0n) is 17.4. The van der Waals surface area contributed by atoms with E-state index in [4.69, 9.17) is 0 Å². The summed E-state index contributed by atoms with van der Waals surface area (Å²) in [6.07, 6.45) is 0. The van der Waals surface area contributed by atoms with Crippen LogP contribution in [-0.4, -0.2) is 0 Å². The largest absolute Gasteiger partial charge is 0.206 e. The molecule has 36 heavy (non-hydrogen) atoms. The summed E-state index contributed by atoms with van der Waals surface area (Å²) in [4.78, 5) is 0. The zero-order chi connectivity index (χ0) is 26.0. The molecule has 0 aliphatic heterocycles. The summed E-state index contributed by atoms with van der Waals surface area (Å²) >= 11 is 0. The fraction of sp³-hybridized carbons (Fsp3) is 0. The molecule has 0 bridgehead atoms. The summed E-state index contributed by atoms with van der Waals surface area (Å²) in [7, 11) is 0. The van der Waals surface area contributed by atoms with Gasteiger partial charge in [0.2, 0.25) is 5.82 Å². The van der Waals surface area contributed by atoms with Crippen molar-refractivity contribution in [2.75, 3.05) is 0 Å². The lowest BCUT2D eigenvalue weighted by atomic mass is 9.84. The third kappa shape index (κ3) is 3.09. The first kappa shape index (κ1) is 23.7. The molecule has 0 saturated carbocycles. The number of rotatable bonds is 2. The maximum absolute atomic E-state index is 15.3. The van der Waals surface area contributed by atoms with Gasteiger partial charge in [-0.1, -0.05) is 42.5 Å². The molecule has 0 aromatic heterocycles. The third-order valence-corrected chi connectivity index (χ3v) is 5.82. The van der Waals surface area contributed by atoms with Gasteiger partial charge < -0.3 is 0 Å². The number of hydrogen-bond donors (Lipinski definition) is 0. The molecule has 0 fully saturated rings. The molecule has 5 rings (SSSR count). The monoisotopic (exact) mass is 510 g/mol. The molecule has 0 aliphatic carbocycles. The zero-order valence-corrected chi connectivity index (χ0v) is 17.4. The van der Waals surface area contributed by atoms with Gasteiger partial charge in [0.25, 0.3) is 0 Å². The molecule has 10 heteroatoms. The lowest BCUT2D eigenvalue weighted by molar-refractivity contribution is 0.381. The van der Waals surface area contributed by atoms with Gasteiger partial charge in [0.15, 0.2) is 46.5 Å². The van der Waals surface area contributed by atoms with Gasteiger partial charge in [-0.25, -0.2) is 43.9 Å². The summed E-state index contributed by atoms with van der Waals surface area (Å²) in [5, 5.41) is -3.80. The number of benzene rings is 5. The second-order valence-corrected chi connectivity index (χ2v) is 7.73. The fourth-order valence-electron chi connectivity index (χ4n) is 4.33. The predicted octanol–water partition coefficient (Wildman–Crippen LogP) is 8.72. The quantitative estimate of drug-likeness (QED) is 0.0965. The predicted molar refractivity (Wildman–Crippen MR) is 112 cm³/mol. The van der Waals surface area contributed by atoms with Gasteiger partial charge in [0.1, 0.15) is 5.82 Å². The van der Waals surface area contributed by atoms with E-state index >= 15 is 13.2 Å². The van der Waals surface area contributed by atoms with Crippen LogP contribution in [0, 0.1) is 58.2 Å². The average molecular weight is 510 g/mol. The molecule has 5 aromatic rings. The van der Waals surface area contributed by atoms with Crippen molar-refractivity contribution in [3.8, 4) is 22.3 Å². The van der Waals surface area contributed by atoms with Crippen LogP contribution in [0.2, 0.25) is 0 Å². The number of fused-ring (bicyclic) bond motifs is 2. The first-order valence-electron chi connectivity index (χ1n) is 10.0. The Labute approximate surface area is 195 Å². The summed E-state index contributed by atoms with van der Waals surface area (Å²) < 4.78 is 146. The molecular weight excluding hydrogens is 502 g/mol. The maximum Gasteiger partial charge on any atom is 0.200 e. The molecule has 182 valence electrons. The SMILES string of the molecule is Fc1c(F)c(F)c(-c2c3c(F)cccc3c(-c3ccccc3)c3c(F)c(F)c(F)c(F)c23)c(F)c1F. The van der Waals surface area contributed by atoms with Crippen molar-refractivity contribution in [1.29, 1.82) is 0 Å². The fourth-order valence-corrected chi connectivity index (χ4v) is 4.33. The first-order valence-corrected chi connectivity index (χ1v) is 10.0. The van der Waals surface area contributed by atoms with Crippen molar-refractivity contribution >= 4 is 21.5 Å². The van der Waals surface area contributed by atoms with Crippen LogP contribution in [0.15, 0.2) is 48.5 Å². The highest BCUT2D eigenvalue weighted by atomic mass is 19.2. The number of hydrogen-bond acceptors (Lipinski definition) is 0. The van der Waals surface area contributed by atoms with Gasteiger partial charge in [-0.3, -0.25) is 0 Å². The van der Waals surface area contributed by atoms with Crippen LogP contribution in [0.3, 0.4) is 0 Å². The van der Waals surface area contributed by atoms with Crippen molar-refractivity contribution < 1.29 is 43.9 Å². The summed E-state index contributed by atoms with van der Waals surface area (Å²) in [5.74, 6) is -22.8. The van der Waals surface area contributed by atoms with Crippen LogP contribution in [0.1, 0.15) is 0 Å². The highest BCUT2D eigenvalue weighted by Crippen LogP contribution is 2.48. The van der Waals surface area contributed by atoms with Crippen LogP contribution in [0.4, 0.5) is 43.9 Å². The Morgan fingerprint density at radius 2 is 0.806 bits per heavy atom. The van der Waals surface area contributed by atoms with E-state index in [0.29, 0.717) is 0 Å². The lowest BCUT2D eigenvalue weighted by Crippen LogP contribution is -2.08. The highest BCUT2D eigenvalue weighted by molar-refractivity contribution is 6.22. The lowest BCUT2D eigenvalue weighted by Gasteiger charge is -2.20. The van der Waals surface area contributed by atoms with Gasteiger partial charge in [0, 0.05) is 27.3 Å². The first-order chi connectivity index (χ1) is 17.1. The van der Waals surface area contributed by atoms with Crippen LogP contribution < -0.4 is 0 Å². The summed E-state index contributed by atoms with van der Waals surface area (Å²) in [6.45, 7) is 0. The average Bonchev–Trinajstić information content (AvgIpc) is 2.88. The van der Waals surface area contributed by atoms with E-state index in [1.807, 2.05) is 0 Å². The van der Waals surface area contributed by atoms with Gasteiger partial charge in [-0.15, -0.1) is 0 Å². The second-order valence-electron chi connectivity index (χ2n) is 7.73. The minimum atomic E-state index is -2.56. The second kappa shape index (κ2) is 8.25. The molecule has 0 spiro atoms. The van der Waals surface area contributed by atoms with E-state index in [0.717, 1.165) is 18.2 Å². The van der Waals surface area contributed by atoms with Gasteiger partial charge in [-0.05, 0) is 17.0 Å². The minimum Gasteiger partial charge on any atom is -0.206 e. The molecule has 0 unspecified atom stereocenters. The van der Waals surface area contributed by atoms with Crippen molar-refractivity contribution in [2.45, 2.75) is 0 Å². The maximum atomic E-state index is 15.3. The van der Waals surface area contributed by atoms with Crippen LogP contribution in [-0.2, 0) is 0 Å². The molecule has 0 saturated heterocycles. The Kier molecular flexibility index (Phi) is 5.42. The molecule has 0 atom stereocenters. The highest BCUT2D eigenvalue weighted by Gasteiger charge is 2.34. The third-order valence-electron chi connectivity index (χ3n) is 5.82. The molecule has 0 radical (unpaired) electrons. The smallest absolute Gasteiger partial charge is 0.200 e. The molecule has 5 aromatic carbocycles. The topological polar surface area (TPSA) is 0 Å². The Balaban J connectivity index is 2.22. The van der Waals surface area contributed by atoms with E-state index in [1.165, 1.54) is 30.3 Å². The van der Waals surface area contributed by atoms with Gasteiger partial charge in [-0.2, -0.15) is 0 Å². The Bertz CT molecular complexity index is 1700. The van der Waals surface area contributed by atoms with E-state index in [-0.39, 0.29) is 5.56 Å². The Hall–Kier alpha value is -4.08. The molecule has 0 N–H and O–H groups in total. The van der Waals surface area contributed by atoms with E-state index in [2.05, 4.69) is 0 Å². The Morgan fingerprint density at radius 3 is 1.36 bits per heavy atom. The van der Waals surface area contributed by atoms with Crippen molar-refractivity contribution in [2.24, 2.45) is 0 Å². The van der Waals surface area contributed by atoms with Crippen LogP contribution >= 0.6 is 0 Å². The van der Waals surface area contributed by atoms with Gasteiger partial charge >= 0.3 is 0 Å². The standard InChI is InChI=1S/C26H8F10/c27-11-8-4-7-10-12(9-5-2-1-3-6-9)15-16(19(29)23(33)22(32)18(15)28)14(13(10)11)17-20(30)24(34)26(36)25(35)21(17)31/h1-8H. The van der Waals surface area contributed by atoms with E-state index in [9.17, 15) is 30.7 Å². The van der Waals surface area contributed by atoms with Gasteiger partial charge in [0.05, 0.1) is 5.56 Å². The van der Waals surface area contributed by atoms with E-state index in [1.54, 1.807) is 0 Å².